The minimum Gasteiger partial charge on any atom is -0.489 e. The Kier molecular flexibility index (Phi) is 7.05. The van der Waals surface area contributed by atoms with E-state index in [0.29, 0.717) is 22.1 Å². The molecule has 0 bridgehead atoms. The number of carbonyl (C=O) groups excluding carboxylic acids is 2. The van der Waals surface area contributed by atoms with Crippen LogP contribution in [0.25, 0.3) is 0 Å². The molecule has 0 unspecified atom stereocenters. The van der Waals surface area contributed by atoms with Gasteiger partial charge in [0.1, 0.15) is 18.1 Å². The standard InChI is InChI=1S/C19H19ClN2O4/c1-3-10-25-17-7-5-4-6-15(17)19(24)22-21-18(23)12-26-14-8-9-16(20)13(2)11-14/h3-9,11H,1,10,12H2,2H3,(H,21,23)(H,22,24). The largest absolute Gasteiger partial charge is 0.489 e. The molecule has 0 aliphatic heterocycles. The van der Waals surface area contributed by atoms with Gasteiger partial charge in [0.2, 0.25) is 0 Å². The average molecular weight is 375 g/mol. The first-order valence-electron chi connectivity index (χ1n) is 7.82. The van der Waals surface area contributed by atoms with Crippen LogP contribution >= 0.6 is 11.6 Å². The van der Waals surface area contributed by atoms with Gasteiger partial charge in [-0.3, -0.25) is 20.4 Å². The van der Waals surface area contributed by atoms with Crippen LogP contribution in [0.15, 0.2) is 55.1 Å². The highest BCUT2D eigenvalue weighted by molar-refractivity contribution is 6.31. The van der Waals surface area contributed by atoms with E-state index in [0.717, 1.165) is 5.56 Å². The molecule has 0 aliphatic carbocycles. The third-order valence-corrected chi connectivity index (χ3v) is 3.73. The summed E-state index contributed by atoms with van der Waals surface area (Å²) < 4.78 is 10.8. The van der Waals surface area contributed by atoms with Crippen LogP contribution in [0.5, 0.6) is 11.5 Å². The van der Waals surface area contributed by atoms with Crippen LogP contribution in [0, 0.1) is 6.92 Å². The van der Waals surface area contributed by atoms with E-state index >= 15 is 0 Å². The molecule has 26 heavy (non-hydrogen) atoms. The van der Waals surface area contributed by atoms with Crippen molar-refractivity contribution in [3.8, 4) is 11.5 Å². The number of amides is 2. The van der Waals surface area contributed by atoms with Crippen LogP contribution in [-0.2, 0) is 4.79 Å². The molecule has 0 atom stereocenters. The maximum atomic E-state index is 12.2. The van der Waals surface area contributed by atoms with Gasteiger partial charge in [-0.1, -0.05) is 36.4 Å². The second-order valence-corrected chi connectivity index (χ2v) is 5.71. The minimum atomic E-state index is -0.504. The molecule has 0 fully saturated rings. The van der Waals surface area contributed by atoms with E-state index in [-0.39, 0.29) is 13.2 Å². The van der Waals surface area contributed by atoms with Gasteiger partial charge in [-0.05, 0) is 42.8 Å². The predicted molar refractivity (Wildman–Crippen MR) is 99.4 cm³/mol. The summed E-state index contributed by atoms with van der Waals surface area (Å²) in [6, 6.07) is 11.8. The van der Waals surface area contributed by atoms with E-state index in [4.69, 9.17) is 21.1 Å². The van der Waals surface area contributed by atoms with Crippen molar-refractivity contribution in [3.63, 3.8) is 0 Å². The van der Waals surface area contributed by atoms with Crippen molar-refractivity contribution in [2.75, 3.05) is 13.2 Å². The number of aryl methyl sites for hydroxylation is 1. The third kappa shape index (κ3) is 5.53. The molecule has 2 amide bonds. The van der Waals surface area contributed by atoms with E-state index in [9.17, 15) is 9.59 Å². The maximum Gasteiger partial charge on any atom is 0.276 e. The Morgan fingerprint density at radius 3 is 2.65 bits per heavy atom. The number of para-hydroxylation sites is 1. The van der Waals surface area contributed by atoms with Gasteiger partial charge in [0, 0.05) is 5.02 Å². The molecule has 6 nitrogen and oxygen atoms in total. The number of benzene rings is 2. The van der Waals surface area contributed by atoms with Crippen LogP contribution in [0.1, 0.15) is 15.9 Å². The van der Waals surface area contributed by atoms with E-state index < -0.39 is 11.8 Å². The highest BCUT2D eigenvalue weighted by atomic mass is 35.5. The molecule has 136 valence electrons. The number of ether oxygens (including phenoxy) is 2. The molecule has 0 aromatic heterocycles. The zero-order valence-electron chi connectivity index (χ0n) is 14.3. The lowest BCUT2D eigenvalue weighted by Crippen LogP contribution is -2.43. The van der Waals surface area contributed by atoms with Gasteiger partial charge in [-0.15, -0.1) is 0 Å². The molecule has 0 aliphatic rings. The smallest absolute Gasteiger partial charge is 0.276 e. The number of nitrogens with one attached hydrogen (secondary N) is 2. The SMILES string of the molecule is C=CCOc1ccccc1C(=O)NNC(=O)COc1ccc(Cl)c(C)c1. The predicted octanol–water partition coefficient (Wildman–Crippen LogP) is 3.05. The lowest BCUT2D eigenvalue weighted by atomic mass is 10.2. The zero-order valence-corrected chi connectivity index (χ0v) is 15.0. The van der Waals surface area contributed by atoms with Gasteiger partial charge >= 0.3 is 0 Å². The fourth-order valence-electron chi connectivity index (χ4n) is 2.01. The second kappa shape index (κ2) is 9.48. The van der Waals surface area contributed by atoms with E-state index in [1.807, 2.05) is 6.92 Å². The summed E-state index contributed by atoms with van der Waals surface area (Å²) in [5, 5.41) is 0.617. The molecule has 0 saturated carbocycles. The number of hydrazine groups is 1. The van der Waals surface area contributed by atoms with Crippen molar-refractivity contribution < 1.29 is 19.1 Å². The van der Waals surface area contributed by atoms with Crippen molar-refractivity contribution in [1.29, 1.82) is 0 Å². The number of hydrogen-bond donors (Lipinski definition) is 2. The first-order chi connectivity index (χ1) is 12.5. The normalized spacial score (nSPS) is 9.92. The van der Waals surface area contributed by atoms with Crippen LogP contribution in [0.4, 0.5) is 0 Å². The molecule has 0 radical (unpaired) electrons. The van der Waals surface area contributed by atoms with Crippen molar-refractivity contribution in [3.05, 3.63) is 71.3 Å². The maximum absolute atomic E-state index is 12.2. The lowest BCUT2D eigenvalue weighted by Gasteiger charge is -2.12. The van der Waals surface area contributed by atoms with Gasteiger partial charge in [0.25, 0.3) is 11.8 Å². The van der Waals surface area contributed by atoms with E-state index in [2.05, 4.69) is 17.4 Å². The molecular weight excluding hydrogens is 356 g/mol. The van der Waals surface area contributed by atoms with Crippen LogP contribution in [0.3, 0.4) is 0 Å². The van der Waals surface area contributed by atoms with Crippen molar-refractivity contribution in [2.45, 2.75) is 6.92 Å². The van der Waals surface area contributed by atoms with Crippen LogP contribution in [0.2, 0.25) is 5.02 Å². The molecule has 0 saturated heterocycles. The molecule has 0 spiro atoms. The zero-order chi connectivity index (χ0) is 18.9. The molecule has 0 heterocycles. The lowest BCUT2D eigenvalue weighted by molar-refractivity contribution is -0.123. The summed E-state index contributed by atoms with van der Waals surface area (Å²) in [7, 11) is 0. The van der Waals surface area contributed by atoms with Crippen molar-refractivity contribution in [2.24, 2.45) is 0 Å². The van der Waals surface area contributed by atoms with Gasteiger partial charge in [-0.2, -0.15) is 0 Å². The first-order valence-corrected chi connectivity index (χ1v) is 8.20. The molecular formula is C19H19ClN2O4. The first kappa shape index (κ1) is 19.3. The minimum absolute atomic E-state index is 0.254. The van der Waals surface area contributed by atoms with Crippen LogP contribution < -0.4 is 20.3 Å². The average Bonchev–Trinajstić information content (AvgIpc) is 2.65. The Hall–Kier alpha value is -2.99. The molecule has 2 aromatic rings. The summed E-state index contributed by atoms with van der Waals surface area (Å²) >= 11 is 5.93. The third-order valence-electron chi connectivity index (χ3n) is 3.30. The summed E-state index contributed by atoms with van der Waals surface area (Å²) in [6.07, 6.45) is 1.58. The Morgan fingerprint density at radius 1 is 1.15 bits per heavy atom. The Morgan fingerprint density at radius 2 is 1.92 bits per heavy atom. The summed E-state index contributed by atoms with van der Waals surface area (Å²) in [4.78, 5) is 24.0. The summed E-state index contributed by atoms with van der Waals surface area (Å²) in [6.45, 7) is 5.41. The van der Waals surface area contributed by atoms with Crippen LogP contribution in [-0.4, -0.2) is 25.0 Å². The number of halogens is 1. The fourth-order valence-corrected chi connectivity index (χ4v) is 2.13. The van der Waals surface area contributed by atoms with Gasteiger partial charge in [0.05, 0.1) is 5.56 Å². The van der Waals surface area contributed by atoms with E-state index in [1.165, 1.54) is 0 Å². The monoisotopic (exact) mass is 374 g/mol. The quantitative estimate of drug-likeness (QED) is 0.577. The molecule has 2 N–H and O–H groups in total. The summed E-state index contributed by atoms with van der Waals surface area (Å²) in [5.41, 5.74) is 5.76. The highest BCUT2D eigenvalue weighted by Crippen LogP contribution is 2.21. The Balaban J connectivity index is 1.86. The summed E-state index contributed by atoms with van der Waals surface area (Å²) in [5.74, 6) is -0.0978. The number of carbonyl (C=O) groups is 2. The molecule has 7 heteroatoms. The topological polar surface area (TPSA) is 76.7 Å². The highest BCUT2D eigenvalue weighted by Gasteiger charge is 2.13. The van der Waals surface area contributed by atoms with Crippen molar-refractivity contribution >= 4 is 23.4 Å². The Bertz CT molecular complexity index is 808. The molecule has 2 aromatic carbocycles. The second-order valence-electron chi connectivity index (χ2n) is 5.30. The van der Waals surface area contributed by atoms with Gasteiger partial charge in [0.15, 0.2) is 6.61 Å². The van der Waals surface area contributed by atoms with Gasteiger partial charge in [-0.25, -0.2) is 0 Å². The van der Waals surface area contributed by atoms with Gasteiger partial charge < -0.3 is 9.47 Å². The Labute approximate surface area is 156 Å². The number of hydrogen-bond acceptors (Lipinski definition) is 4. The van der Waals surface area contributed by atoms with E-state index in [1.54, 1.807) is 48.5 Å². The fraction of sp³-hybridized carbons (Fsp3) is 0.158. The molecule has 2 rings (SSSR count). The van der Waals surface area contributed by atoms with Crippen molar-refractivity contribution in [1.82, 2.24) is 10.9 Å². The number of rotatable bonds is 7.